The van der Waals surface area contributed by atoms with Crippen LogP contribution < -0.4 is 21.3 Å². The summed E-state index contributed by atoms with van der Waals surface area (Å²) in [7, 11) is 1.92. The zero-order valence-corrected chi connectivity index (χ0v) is 27.5. The number of nitrogens with one attached hydrogen (secondary N) is 4. The van der Waals surface area contributed by atoms with Crippen LogP contribution >= 0.6 is 11.6 Å². The van der Waals surface area contributed by atoms with Gasteiger partial charge < -0.3 is 30.7 Å². The summed E-state index contributed by atoms with van der Waals surface area (Å²) in [5.74, 6) is 0. The highest BCUT2D eigenvalue weighted by atomic mass is 35.5. The lowest BCUT2D eigenvalue weighted by atomic mass is 9.92. The maximum absolute atomic E-state index is 12.9. The van der Waals surface area contributed by atoms with Crippen LogP contribution in [-0.4, -0.2) is 68.8 Å². The minimum atomic E-state index is -0.432. The first-order valence-corrected chi connectivity index (χ1v) is 15.3. The molecule has 3 heterocycles. The Balaban J connectivity index is 0.000000285. The van der Waals surface area contributed by atoms with Crippen molar-refractivity contribution in [3.05, 3.63) is 82.2 Å². The van der Waals surface area contributed by atoms with Gasteiger partial charge in [0.25, 0.3) is 0 Å². The molecular weight excluding hydrogens is 576 g/mol. The Morgan fingerprint density at radius 2 is 1.73 bits per heavy atom. The SMILES string of the molecule is CC(C)(C)NC(=O)N1CCNCC1.Cn1cncc1C(NC(=O)NC(C)(C)C)C1=Cc2cccnc2Cc2ccc(Cl)cc21. The molecule has 2 aromatic heterocycles. The number of rotatable bonds is 3. The summed E-state index contributed by atoms with van der Waals surface area (Å²) < 4.78 is 1.92. The van der Waals surface area contributed by atoms with Gasteiger partial charge in [0.05, 0.1) is 30.0 Å². The van der Waals surface area contributed by atoms with Crippen LogP contribution in [0.1, 0.15) is 75.7 Å². The molecule has 1 atom stereocenters. The number of aromatic nitrogens is 3. The zero-order chi connectivity index (χ0) is 32.1. The van der Waals surface area contributed by atoms with Gasteiger partial charge in [0.1, 0.15) is 0 Å². The van der Waals surface area contributed by atoms with Crippen molar-refractivity contribution in [1.29, 1.82) is 0 Å². The number of halogens is 1. The molecule has 1 fully saturated rings. The highest BCUT2D eigenvalue weighted by Crippen LogP contribution is 2.38. The number of carbonyl (C=O) groups is 2. The Kier molecular flexibility index (Phi) is 10.4. The predicted octanol–water partition coefficient (Wildman–Crippen LogP) is 5.15. The highest BCUT2D eigenvalue weighted by molar-refractivity contribution is 6.30. The lowest BCUT2D eigenvalue weighted by Gasteiger charge is -2.31. The van der Waals surface area contributed by atoms with Crippen LogP contribution in [0.3, 0.4) is 0 Å². The van der Waals surface area contributed by atoms with Crippen molar-refractivity contribution in [2.24, 2.45) is 7.05 Å². The lowest BCUT2D eigenvalue weighted by Crippen LogP contribution is -2.54. The molecule has 1 aliphatic carbocycles. The molecule has 1 aromatic carbocycles. The van der Waals surface area contributed by atoms with Gasteiger partial charge in [0.2, 0.25) is 0 Å². The number of urea groups is 2. The minimum Gasteiger partial charge on any atom is -0.336 e. The molecule has 0 spiro atoms. The second kappa shape index (κ2) is 13.8. The normalized spacial score (nSPS) is 15.4. The first kappa shape index (κ1) is 33.0. The molecule has 0 radical (unpaired) electrons. The summed E-state index contributed by atoms with van der Waals surface area (Å²) in [6, 6.07) is 9.22. The number of aryl methyl sites for hydroxylation is 1. The fraction of sp³-hybridized carbons (Fsp3) is 0.455. The molecule has 11 heteroatoms. The van der Waals surface area contributed by atoms with Gasteiger partial charge in [0.15, 0.2) is 0 Å². The number of benzene rings is 1. The Labute approximate surface area is 265 Å². The van der Waals surface area contributed by atoms with E-state index in [2.05, 4.69) is 37.3 Å². The molecule has 1 unspecified atom stereocenters. The molecule has 4 amide bonds. The molecule has 5 rings (SSSR count). The molecule has 10 nitrogen and oxygen atoms in total. The van der Waals surface area contributed by atoms with E-state index in [-0.39, 0.29) is 23.1 Å². The second-order valence-electron chi connectivity index (χ2n) is 13.2. The van der Waals surface area contributed by atoms with Crippen molar-refractivity contribution >= 4 is 35.3 Å². The number of piperazine rings is 1. The van der Waals surface area contributed by atoms with Crippen LogP contribution in [0.15, 0.2) is 49.1 Å². The maximum atomic E-state index is 12.9. The molecular formula is C33H45ClN8O2. The fourth-order valence-corrected chi connectivity index (χ4v) is 5.27. The van der Waals surface area contributed by atoms with Crippen molar-refractivity contribution in [3.8, 4) is 0 Å². The van der Waals surface area contributed by atoms with E-state index in [0.717, 1.165) is 59.8 Å². The average molecular weight is 621 g/mol. The second-order valence-corrected chi connectivity index (χ2v) is 13.7. The largest absolute Gasteiger partial charge is 0.336 e. The molecule has 4 N–H and O–H groups in total. The Morgan fingerprint density at radius 3 is 2.36 bits per heavy atom. The number of amides is 4. The summed E-state index contributed by atoms with van der Waals surface area (Å²) in [5.41, 5.74) is 5.43. The number of fused-ring (bicyclic) bond motifs is 2. The van der Waals surface area contributed by atoms with Gasteiger partial charge in [0, 0.05) is 61.9 Å². The van der Waals surface area contributed by atoms with Crippen LogP contribution in [0.4, 0.5) is 9.59 Å². The van der Waals surface area contributed by atoms with Gasteiger partial charge in [-0.3, -0.25) is 4.98 Å². The summed E-state index contributed by atoms with van der Waals surface area (Å²) in [5, 5.41) is 13.0. The summed E-state index contributed by atoms with van der Waals surface area (Å²) in [4.78, 5) is 35.2. The van der Waals surface area contributed by atoms with Gasteiger partial charge in [-0.05, 0) is 88.1 Å². The maximum Gasteiger partial charge on any atom is 0.317 e. The van der Waals surface area contributed by atoms with Crippen LogP contribution in [0.2, 0.25) is 5.02 Å². The van der Waals surface area contributed by atoms with Crippen LogP contribution in [0.25, 0.3) is 11.6 Å². The Bertz CT molecular complexity index is 1500. The number of carbonyl (C=O) groups excluding carboxylic acids is 2. The van der Waals surface area contributed by atoms with Crippen molar-refractivity contribution in [2.45, 2.75) is 65.1 Å². The number of hydrogen-bond donors (Lipinski definition) is 4. The minimum absolute atomic E-state index is 0.0500. The van der Waals surface area contributed by atoms with Crippen molar-refractivity contribution in [2.75, 3.05) is 26.2 Å². The van der Waals surface area contributed by atoms with E-state index in [0.29, 0.717) is 11.4 Å². The van der Waals surface area contributed by atoms with Crippen molar-refractivity contribution < 1.29 is 9.59 Å². The van der Waals surface area contributed by atoms with Gasteiger partial charge in [-0.2, -0.15) is 0 Å². The van der Waals surface area contributed by atoms with E-state index < -0.39 is 6.04 Å². The van der Waals surface area contributed by atoms with E-state index >= 15 is 0 Å². The number of nitrogens with zero attached hydrogens (tertiary/aromatic N) is 4. The molecule has 0 bridgehead atoms. The zero-order valence-electron chi connectivity index (χ0n) is 26.8. The quantitative estimate of drug-likeness (QED) is 0.323. The predicted molar refractivity (Wildman–Crippen MR) is 176 cm³/mol. The van der Waals surface area contributed by atoms with Crippen LogP contribution in [-0.2, 0) is 13.5 Å². The molecule has 236 valence electrons. The summed E-state index contributed by atoms with van der Waals surface area (Å²) >= 11 is 6.40. The van der Waals surface area contributed by atoms with Gasteiger partial charge in [-0.25, -0.2) is 14.6 Å². The monoisotopic (exact) mass is 620 g/mol. The number of hydrogen-bond acceptors (Lipinski definition) is 5. The van der Waals surface area contributed by atoms with E-state index in [1.807, 2.05) is 88.4 Å². The highest BCUT2D eigenvalue weighted by Gasteiger charge is 2.28. The van der Waals surface area contributed by atoms with Crippen molar-refractivity contribution in [1.82, 2.24) is 40.7 Å². The van der Waals surface area contributed by atoms with Gasteiger partial charge in [-0.15, -0.1) is 0 Å². The first-order valence-electron chi connectivity index (χ1n) is 15.0. The molecule has 3 aromatic rings. The fourth-order valence-electron chi connectivity index (χ4n) is 5.10. The Hall–Kier alpha value is -3.89. The standard InChI is InChI=1S/C24H26ClN5O.C9H19N3O/c1-24(2,3)29-23(31)28-22(21-13-26-14-30(21)4)19-10-16-6-5-9-27-20(16)11-15-7-8-17(25)12-18(15)19;1-9(2,3)11-8(13)12-6-4-10-5-7-12/h5-10,12-14,22H,11H2,1-4H3,(H2,28,29,31);10H,4-7H2,1-3H3,(H,11,13). The molecule has 0 saturated carbocycles. The van der Waals surface area contributed by atoms with Crippen molar-refractivity contribution in [3.63, 3.8) is 0 Å². The summed E-state index contributed by atoms with van der Waals surface area (Å²) in [6.45, 7) is 15.3. The van der Waals surface area contributed by atoms with E-state index in [4.69, 9.17) is 11.6 Å². The topological polar surface area (TPSA) is 116 Å². The lowest BCUT2D eigenvalue weighted by molar-refractivity contribution is 0.181. The van der Waals surface area contributed by atoms with Gasteiger partial charge in [-0.1, -0.05) is 23.7 Å². The van der Waals surface area contributed by atoms with E-state index in [9.17, 15) is 9.59 Å². The van der Waals surface area contributed by atoms with Crippen LogP contribution in [0.5, 0.6) is 0 Å². The number of imidazole rings is 1. The van der Waals surface area contributed by atoms with E-state index in [1.165, 1.54) is 0 Å². The molecule has 1 aliphatic heterocycles. The third-order valence-corrected chi connectivity index (χ3v) is 7.32. The van der Waals surface area contributed by atoms with E-state index in [1.54, 1.807) is 18.7 Å². The third-order valence-electron chi connectivity index (χ3n) is 7.09. The van der Waals surface area contributed by atoms with Gasteiger partial charge >= 0.3 is 12.1 Å². The Morgan fingerprint density at radius 1 is 1.02 bits per heavy atom. The average Bonchev–Trinajstić information content (AvgIpc) is 3.29. The first-order chi connectivity index (χ1) is 20.7. The smallest absolute Gasteiger partial charge is 0.317 e. The van der Waals surface area contributed by atoms with Crippen LogP contribution in [0, 0.1) is 0 Å². The summed E-state index contributed by atoms with van der Waals surface area (Å²) in [6.07, 6.45) is 8.11. The third kappa shape index (κ3) is 9.06. The number of pyridine rings is 1. The molecule has 1 saturated heterocycles. The molecule has 2 aliphatic rings. The molecule has 44 heavy (non-hydrogen) atoms.